The number of rotatable bonds is 11. The molecule has 0 fully saturated rings. The van der Waals surface area contributed by atoms with E-state index in [9.17, 15) is 13.2 Å². The zero-order valence-electron chi connectivity index (χ0n) is 20.3. The molecule has 0 radical (unpaired) electrons. The van der Waals surface area contributed by atoms with E-state index in [1.165, 1.54) is 37.6 Å². The number of benzene rings is 3. The number of methoxy groups -OCH3 is 1. The van der Waals surface area contributed by atoms with Crippen molar-refractivity contribution in [1.82, 2.24) is 9.73 Å². The largest absolute Gasteiger partial charge is 0.493 e. The van der Waals surface area contributed by atoms with Crippen molar-refractivity contribution in [2.24, 2.45) is 5.10 Å². The number of amides is 1. The van der Waals surface area contributed by atoms with Gasteiger partial charge in [0.2, 0.25) is 10.0 Å². The molecule has 0 atom stereocenters. The molecule has 3 aromatic carbocycles. The normalized spacial score (nSPS) is 11.6. The molecule has 0 aliphatic heterocycles. The number of aryl methyl sites for hydroxylation is 1. The zero-order chi connectivity index (χ0) is 26.1. The maximum atomic E-state index is 13.4. The molecule has 0 saturated heterocycles. The number of carbonyl (C=O) groups excluding carboxylic acids is 1. The lowest BCUT2D eigenvalue weighted by molar-refractivity contribution is -0.121. The maximum Gasteiger partial charge on any atom is 0.255 e. The summed E-state index contributed by atoms with van der Waals surface area (Å²) in [5.74, 6) is 0.542. The second-order valence-electron chi connectivity index (χ2n) is 7.85. The van der Waals surface area contributed by atoms with Crippen LogP contribution in [0.2, 0.25) is 5.02 Å². The molecule has 190 valence electrons. The molecule has 0 unspecified atom stereocenters. The number of halogens is 1. The van der Waals surface area contributed by atoms with Crippen molar-refractivity contribution < 1.29 is 22.7 Å². The Morgan fingerprint density at radius 1 is 1.08 bits per heavy atom. The quantitative estimate of drug-likeness (QED) is 0.293. The van der Waals surface area contributed by atoms with Gasteiger partial charge in [0.05, 0.1) is 31.4 Å². The minimum atomic E-state index is -3.99. The van der Waals surface area contributed by atoms with Gasteiger partial charge in [-0.2, -0.15) is 9.41 Å². The highest BCUT2D eigenvalue weighted by atomic mass is 35.5. The molecular weight excluding hydrogens is 502 g/mol. The number of carbonyl (C=O) groups is 1. The Bertz CT molecular complexity index is 1330. The van der Waals surface area contributed by atoms with E-state index in [0.717, 1.165) is 15.4 Å². The van der Waals surface area contributed by atoms with Gasteiger partial charge in [-0.1, -0.05) is 41.4 Å². The van der Waals surface area contributed by atoms with E-state index in [2.05, 4.69) is 10.5 Å². The van der Waals surface area contributed by atoms with Crippen LogP contribution in [0.15, 0.2) is 76.7 Å². The van der Waals surface area contributed by atoms with E-state index in [4.69, 9.17) is 21.1 Å². The molecule has 0 heterocycles. The Hall–Kier alpha value is -3.40. The summed E-state index contributed by atoms with van der Waals surface area (Å²) < 4.78 is 38.6. The van der Waals surface area contributed by atoms with Crippen LogP contribution in [0.1, 0.15) is 23.6 Å². The van der Waals surface area contributed by atoms with E-state index in [-0.39, 0.29) is 11.4 Å². The van der Waals surface area contributed by atoms with Crippen LogP contribution >= 0.6 is 11.6 Å². The summed E-state index contributed by atoms with van der Waals surface area (Å²) >= 11 is 5.92. The van der Waals surface area contributed by atoms with Gasteiger partial charge in [-0.3, -0.25) is 4.79 Å². The molecule has 1 amide bonds. The molecule has 0 saturated carbocycles. The van der Waals surface area contributed by atoms with Gasteiger partial charge in [0.1, 0.15) is 0 Å². The Balaban J connectivity index is 1.77. The van der Waals surface area contributed by atoms with Gasteiger partial charge in [0.25, 0.3) is 5.91 Å². The fraction of sp³-hybridized carbons (Fsp3) is 0.231. The summed E-state index contributed by atoms with van der Waals surface area (Å²) in [5, 5.41) is 4.39. The van der Waals surface area contributed by atoms with Gasteiger partial charge in [0, 0.05) is 11.6 Å². The van der Waals surface area contributed by atoms with Crippen LogP contribution in [-0.4, -0.2) is 45.1 Å². The second-order valence-corrected chi connectivity index (χ2v) is 10.2. The van der Waals surface area contributed by atoms with Gasteiger partial charge in [-0.25, -0.2) is 13.8 Å². The van der Waals surface area contributed by atoms with Gasteiger partial charge in [0.15, 0.2) is 11.5 Å². The molecule has 1 N–H and O–H groups in total. The SMILES string of the molecule is CCOc1ccc(/C=N\NC(=O)CN(Cc2cccc(C)c2)S(=O)(=O)c2ccc(Cl)cc2)cc1OC. The summed E-state index contributed by atoms with van der Waals surface area (Å²) in [7, 11) is -2.46. The topological polar surface area (TPSA) is 97.3 Å². The van der Waals surface area contributed by atoms with Gasteiger partial charge >= 0.3 is 0 Å². The van der Waals surface area contributed by atoms with E-state index < -0.39 is 22.5 Å². The first-order valence-electron chi connectivity index (χ1n) is 11.2. The molecule has 0 aliphatic rings. The fourth-order valence-electron chi connectivity index (χ4n) is 3.41. The van der Waals surface area contributed by atoms with Crippen molar-refractivity contribution in [1.29, 1.82) is 0 Å². The van der Waals surface area contributed by atoms with Gasteiger partial charge in [-0.15, -0.1) is 0 Å². The zero-order valence-corrected chi connectivity index (χ0v) is 21.8. The average Bonchev–Trinajstić information content (AvgIpc) is 2.85. The summed E-state index contributed by atoms with van der Waals surface area (Å²) in [6, 6.07) is 18.5. The van der Waals surface area contributed by atoms with Gasteiger partial charge < -0.3 is 9.47 Å². The number of nitrogens with one attached hydrogen (secondary N) is 1. The number of sulfonamides is 1. The van der Waals surface area contributed by atoms with Crippen LogP contribution in [-0.2, 0) is 21.4 Å². The molecule has 3 rings (SSSR count). The van der Waals surface area contributed by atoms with Crippen molar-refractivity contribution in [2.75, 3.05) is 20.3 Å². The molecule has 10 heteroatoms. The van der Waals surface area contributed by atoms with Crippen molar-refractivity contribution in [3.63, 3.8) is 0 Å². The molecule has 0 aliphatic carbocycles. The summed E-state index contributed by atoms with van der Waals surface area (Å²) in [6.07, 6.45) is 1.44. The van der Waals surface area contributed by atoms with E-state index in [0.29, 0.717) is 28.7 Å². The van der Waals surface area contributed by atoms with E-state index in [1.807, 2.05) is 38.1 Å². The second kappa shape index (κ2) is 12.5. The maximum absolute atomic E-state index is 13.4. The van der Waals surface area contributed by atoms with Crippen LogP contribution in [0.4, 0.5) is 0 Å². The standard InChI is InChI=1S/C26H28ClN3O5S/c1-4-35-24-13-8-20(15-25(24)34-3)16-28-29-26(31)18-30(17-21-7-5-6-19(2)14-21)36(32,33)23-11-9-22(27)10-12-23/h5-16H,4,17-18H2,1-3H3,(H,29,31)/b28-16-. The minimum absolute atomic E-state index is 0.0138. The van der Waals surface area contributed by atoms with E-state index in [1.54, 1.807) is 18.2 Å². The fourth-order valence-corrected chi connectivity index (χ4v) is 4.92. The third-order valence-electron chi connectivity index (χ3n) is 5.10. The average molecular weight is 530 g/mol. The third-order valence-corrected chi connectivity index (χ3v) is 7.16. The first kappa shape index (κ1) is 27.2. The first-order chi connectivity index (χ1) is 17.2. The van der Waals surface area contributed by atoms with Crippen molar-refractivity contribution >= 4 is 33.7 Å². The predicted molar refractivity (Wildman–Crippen MR) is 140 cm³/mol. The highest BCUT2D eigenvalue weighted by Gasteiger charge is 2.27. The Morgan fingerprint density at radius 3 is 2.50 bits per heavy atom. The molecular formula is C26H28ClN3O5S. The van der Waals surface area contributed by atoms with Crippen LogP contribution in [0.5, 0.6) is 11.5 Å². The molecule has 8 nitrogen and oxygen atoms in total. The summed E-state index contributed by atoms with van der Waals surface area (Å²) in [6.45, 7) is 3.87. The minimum Gasteiger partial charge on any atom is -0.493 e. The monoisotopic (exact) mass is 529 g/mol. The van der Waals surface area contributed by atoms with Gasteiger partial charge in [-0.05, 0) is 67.4 Å². The number of ether oxygens (including phenoxy) is 2. The van der Waals surface area contributed by atoms with Crippen molar-refractivity contribution in [2.45, 2.75) is 25.3 Å². The predicted octanol–water partition coefficient (Wildman–Crippen LogP) is 4.40. The van der Waals surface area contributed by atoms with Crippen LogP contribution in [0, 0.1) is 6.92 Å². The molecule has 0 aromatic heterocycles. The molecule has 0 bridgehead atoms. The molecule has 0 spiro atoms. The molecule has 36 heavy (non-hydrogen) atoms. The summed E-state index contributed by atoms with van der Waals surface area (Å²) in [5.41, 5.74) is 4.81. The van der Waals surface area contributed by atoms with Crippen LogP contribution in [0.25, 0.3) is 0 Å². The number of hydrazone groups is 1. The highest BCUT2D eigenvalue weighted by molar-refractivity contribution is 7.89. The van der Waals surface area contributed by atoms with Crippen molar-refractivity contribution in [3.05, 3.63) is 88.4 Å². The lowest BCUT2D eigenvalue weighted by Gasteiger charge is -2.21. The Kier molecular flexibility index (Phi) is 9.46. The number of hydrogen-bond donors (Lipinski definition) is 1. The summed E-state index contributed by atoms with van der Waals surface area (Å²) in [4.78, 5) is 12.7. The molecule has 3 aromatic rings. The van der Waals surface area contributed by atoms with Crippen LogP contribution in [0.3, 0.4) is 0 Å². The Morgan fingerprint density at radius 2 is 1.83 bits per heavy atom. The smallest absolute Gasteiger partial charge is 0.255 e. The lowest BCUT2D eigenvalue weighted by Crippen LogP contribution is -2.39. The lowest BCUT2D eigenvalue weighted by atomic mass is 10.1. The van der Waals surface area contributed by atoms with Crippen LogP contribution < -0.4 is 14.9 Å². The van der Waals surface area contributed by atoms with Crippen molar-refractivity contribution in [3.8, 4) is 11.5 Å². The third kappa shape index (κ3) is 7.30. The first-order valence-corrected chi connectivity index (χ1v) is 13.0. The highest BCUT2D eigenvalue weighted by Crippen LogP contribution is 2.27. The Labute approximate surface area is 216 Å². The van der Waals surface area contributed by atoms with E-state index >= 15 is 0 Å². The number of nitrogens with zero attached hydrogens (tertiary/aromatic N) is 2. The number of hydrogen-bond acceptors (Lipinski definition) is 6.